The number of esters is 1. The first-order valence-electron chi connectivity index (χ1n) is 5.16. The first-order valence-corrected chi connectivity index (χ1v) is 6.52. The van der Waals surface area contributed by atoms with E-state index < -0.39 is 4.92 Å². The molecule has 1 rings (SSSR count). The number of ether oxygens (including phenoxy) is 1. The summed E-state index contributed by atoms with van der Waals surface area (Å²) in [7, 11) is 0. The molecule has 18 heavy (non-hydrogen) atoms. The summed E-state index contributed by atoms with van der Waals surface area (Å²) in [4.78, 5) is 21.9. The summed E-state index contributed by atoms with van der Waals surface area (Å²) in [6.45, 7) is 3.53. The van der Waals surface area contributed by atoms with Crippen LogP contribution in [-0.4, -0.2) is 22.7 Å². The van der Waals surface area contributed by atoms with Gasteiger partial charge in [-0.15, -0.1) is 11.8 Å². The zero-order chi connectivity index (χ0) is 13.7. The van der Waals surface area contributed by atoms with Gasteiger partial charge in [-0.2, -0.15) is 0 Å². The molecule has 1 aromatic rings. The Kier molecular flexibility index (Phi) is 5.43. The van der Waals surface area contributed by atoms with Gasteiger partial charge in [-0.25, -0.2) is 0 Å². The Balaban J connectivity index is 2.63. The summed E-state index contributed by atoms with van der Waals surface area (Å²) in [6.07, 6.45) is -0.162. The summed E-state index contributed by atoms with van der Waals surface area (Å²) in [6, 6.07) is 4.13. The van der Waals surface area contributed by atoms with Crippen LogP contribution in [0, 0.1) is 10.1 Å². The number of halogens is 1. The number of rotatable bonds is 5. The van der Waals surface area contributed by atoms with E-state index in [0.717, 1.165) is 0 Å². The average molecular weight is 290 g/mol. The van der Waals surface area contributed by atoms with Crippen molar-refractivity contribution >= 4 is 35.0 Å². The van der Waals surface area contributed by atoms with Crippen molar-refractivity contribution < 1.29 is 14.5 Å². The Hall–Kier alpha value is -1.27. The molecule has 5 nitrogen and oxygen atoms in total. The molecule has 1 aromatic carbocycles. The third-order valence-electron chi connectivity index (χ3n) is 1.84. The van der Waals surface area contributed by atoms with E-state index in [9.17, 15) is 14.9 Å². The van der Waals surface area contributed by atoms with Crippen LogP contribution in [0.15, 0.2) is 23.1 Å². The quantitative estimate of drug-likeness (QED) is 0.360. The van der Waals surface area contributed by atoms with E-state index in [2.05, 4.69) is 0 Å². The standard InChI is InChI=1S/C11H12ClNO4S/c1-7(2)17-11(14)6-18-10-4-3-8(13(15)16)5-9(10)12/h3-5,7H,6H2,1-2H3. The van der Waals surface area contributed by atoms with Crippen molar-refractivity contribution in [2.75, 3.05) is 5.75 Å². The fourth-order valence-electron chi connectivity index (χ4n) is 1.15. The number of thioether (sulfide) groups is 1. The van der Waals surface area contributed by atoms with Gasteiger partial charge in [-0.1, -0.05) is 11.6 Å². The lowest BCUT2D eigenvalue weighted by molar-refractivity contribution is -0.384. The lowest BCUT2D eigenvalue weighted by atomic mass is 10.3. The number of non-ortho nitro benzene ring substituents is 1. The van der Waals surface area contributed by atoms with Crippen LogP contribution >= 0.6 is 23.4 Å². The van der Waals surface area contributed by atoms with Gasteiger partial charge in [0.15, 0.2) is 0 Å². The Morgan fingerprint density at radius 3 is 2.72 bits per heavy atom. The van der Waals surface area contributed by atoms with Crippen LogP contribution in [0.2, 0.25) is 5.02 Å². The molecule has 0 saturated carbocycles. The van der Waals surface area contributed by atoms with Crippen LogP contribution in [0.25, 0.3) is 0 Å². The number of nitro groups is 1. The molecule has 0 aliphatic carbocycles. The summed E-state index contributed by atoms with van der Waals surface area (Å²) >= 11 is 7.07. The second-order valence-corrected chi connectivity index (χ2v) is 5.12. The predicted molar refractivity (Wildman–Crippen MR) is 70.1 cm³/mol. The van der Waals surface area contributed by atoms with Crippen LogP contribution in [-0.2, 0) is 9.53 Å². The van der Waals surface area contributed by atoms with Crippen LogP contribution in [0.4, 0.5) is 5.69 Å². The van der Waals surface area contributed by atoms with E-state index in [1.807, 2.05) is 0 Å². The number of carbonyl (C=O) groups is 1. The van der Waals surface area contributed by atoms with Crippen molar-refractivity contribution in [2.24, 2.45) is 0 Å². The molecule has 0 amide bonds. The van der Waals surface area contributed by atoms with Crippen LogP contribution in [0.5, 0.6) is 0 Å². The first-order chi connectivity index (χ1) is 8.40. The fourth-order valence-corrected chi connectivity index (χ4v) is 2.19. The van der Waals surface area contributed by atoms with Crippen molar-refractivity contribution in [1.82, 2.24) is 0 Å². The molecule has 0 aromatic heterocycles. The number of hydrogen-bond acceptors (Lipinski definition) is 5. The second kappa shape index (κ2) is 6.61. The van der Waals surface area contributed by atoms with Gasteiger partial charge in [-0.05, 0) is 19.9 Å². The lowest BCUT2D eigenvalue weighted by Crippen LogP contribution is -2.13. The Labute approximate surface area is 114 Å². The molecule has 7 heteroatoms. The van der Waals surface area contributed by atoms with Crippen LogP contribution in [0.3, 0.4) is 0 Å². The molecule has 0 saturated heterocycles. The molecule has 98 valence electrons. The zero-order valence-corrected chi connectivity index (χ0v) is 11.5. The number of nitrogens with zero attached hydrogens (tertiary/aromatic N) is 1. The minimum Gasteiger partial charge on any atom is -0.462 e. The van der Waals surface area contributed by atoms with Gasteiger partial charge in [0.1, 0.15) is 0 Å². The lowest BCUT2D eigenvalue weighted by Gasteiger charge is -2.08. The molecular formula is C11H12ClNO4S. The van der Waals surface area contributed by atoms with E-state index in [-0.39, 0.29) is 28.5 Å². The average Bonchev–Trinajstić information content (AvgIpc) is 2.26. The van der Waals surface area contributed by atoms with Gasteiger partial charge in [0.2, 0.25) is 0 Å². The molecule has 0 radical (unpaired) electrons. The van der Waals surface area contributed by atoms with Crippen LogP contribution < -0.4 is 0 Å². The maximum Gasteiger partial charge on any atom is 0.316 e. The third-order valence-corrected chi connectivity index (χ3v) is 3.31. The maximum absolute atomic E-state index is 11.3. The molecule has 0 fully saturated rings. The van der Waals surface area contributed by atoms with Gasteiger partial charge in [0.25, 0.3) is 5.69 Å². The first kappa shape index (κ1) is 14.8. The molecule has 0 heterocycles. The Bertz CT molecular complexity index is 464. The van der Waals surface area contributed by atoms with Gasteiger partial charge < -0.3 is 4.74 Å². The highest BCUT2D eigenvalue weighted by Crippen LogP contribution is 2.30. The minimum absolute atomic E-state index is 0.0749. The predicted octanol–water partition coefficient (Wildman–Crippen LogP) is 3.29. The Morgan fingerprint density at radius 2 is 2.22 bits per heavy atom. The second-order valence-electron chi connectivity index (χ2n) is 3.70. The van der Waals surface area contributed by atoms with Gasteiger partial charge in [0, 0.05) is 17.0 Å². The minimum atomic E-state index is -0.520. The van der Waals surface area contributed by atoms with Crippen LogP contribution in [0.1, 0.15) is 13.8 Å². The monoisotopic (exact) mass is 289 g/mol. The van der Waals surface area contributed by atoms with E-state index in [0.29, 0.717) is 4.90 Å². The molecule has 0 aliphatic heterocycles. The normalized spacial score (nSPS) is 10.4. The van der Waals surface area contributed by atoms with Crippen molar-refractivity contribution in [2.45, 2.75) is 24.8 Å². The van der Waals surface area contributed by atoms with E-state index in [1.165, 1.54) is 30.0 Å². The summed E-state index contributed by atoms with van der Waals surface area (Å²) in [5.74, 6) is -0.222. The fraction of sp³-hybridized carbons (Fsp3) is 0.364. The van der Waals surface area contributed by atoms with Crippen molar-refractivity contribution in [3.05, 3.63) is 33.3 Å². The highest BCUT2D eigenvalue weighted by Gasteiger charge is 2.12. The SMILES string of the molecule is CC(C)OC(=O)CSc1ccc([N+](=O)[O-])cc1Cl. The highest BCUT2D eigenvalue weighted by atomic mass is 35.5. The van der Waals surface area contributed by atoms with Gasteiger partial charge in [-0.3, -0.25) is 14.9 Å². The summed E-state index contributed by atoms with van der Waals surface area (Å²) in [5.41, 5.74) is -0.0749. The molecule has 0 atom stereocenters. The molecule has 0 spiro atoms. The molecular weight excluding hydrogens is 278 g/mol. The molecule has 0 unspecified atom stereocenters. The zero-order valence-electron chi connectivity index (χ0n) is 9.88. The highest BCUT2D eigenvalue weighted by molar-refractivity contribution is 8.00. The molecule has 0 N–H and O–H groups in total. The largest absolute Gasteiger partial charge is 0.462 e. The number of nitro benzene ring substituents is 1. The van der Waals surface area contributed by atoms with Gasteiger partial charge >= 0.3 is 5.97 Å². The van der Waals surface area contributed by atoms with E-state index in [1.54, 1.807) is 13.8 Å². The van der Waals surface area contributed by atoms with Gasteiger partial charge in [0.05, 0.1) is 21.8 Å². The number of hydrogen-bond donors (Lipinski definition) is 0. The molecule has 0 aliphatic rings. The maximum atomic E-state index is 11.3. The van der Waals surface area contributed by atoms with Crippen molar-refractivity contribution in [3.8, 4) is 0 Å². The smallest absolute Gasteiger partial charge is 0.316 e. The van der Waals surface area contributed by atoms with E-state index in [4.69, 9.17) is 16.3 Å². The Morgan fingerprint density at radius 1 is 1.56 bits per heavy atom. The number of benzene rings is 1. The van der Waals surface area contributed by atoms with E-state index >= 15 is 0 Å². The number of carbonyl (C=O) groups excluding carboxylic acids is 1. The van der Waals surface area contributed by atoms with Crippen molar-refractivity contribution in [1.29, 1.82) is 0 Å². The topological polar surface area (TPSA) is 69.4 Å². The van der Waals surface area contributed by atoms with Crippen molar-refractivity contribution in [3.63, 3.8) is 0 Å². The molecule has 0 bridgehead atoms. The third kappa shape index (κ3) is 4.54. The summed E-state index contributed by atoms with van der Waals surface area (Å²) < 4.78 is 4.96. The summed E-state index contributed by atoms with van der Waals surface area (Å²) in [5, 5.41) is 10.8.